The Kier molecular flexibility index (Phi) is 3.55. The first kappa shape index (κ1) is 13.9. The van der Waals surface area contributed by atoms with Crippen LogP contribution in [0.5, 0.6) is 0 Å². The standard InChI is InChI=1S/C15H9BrF2N2O/c16-9-4-11-12(7-20-15(11)19-6-9)14(21)3-8-1-2-10(17)5-13(8)18/h1-2,4-7H,3H2,(H,19,20). The first-order chi connectivity index (χ1) is 10.0. The predicted octanol–water partition coefficient (Wildman–Crippen LogP) is 4.03. The molecule has 0 spiro atoms. The number of aromatic nitrogens is 2. The smallest absolute Gasteiger partial charge is 0.169 e. The summed E-state index contributed by atoms with van der Waals surface area (Å²) in [5.41, 5.74) is 1.18. The third-order valence-corrected chi connectivity index (χ3v) is 3.60. The summed E-state index contributed by atoms with van der Waals surface area (Å²) < 4.78 is 27.2. The van der Waals surface area contributed by atoms with Gasteiger partial charge in [0.2, 0.25) is 0 Å². The number of halogens is 3. The zero-order chi connectivity index (χ0) is 15.0. The average molecular weight is 351 g/mol. The molecule has 2 heterocycles. The van der Waals surface area contributed by atoms with Gasteiger partial charge in [0, 0.05) is 40.3 Å². The van der Waals surface area contributed by atoms with Gasteiger partial charge in [-0.1, -0.05) is 6.07 Å². The Morgan fingerprint density at radius 2 is 2.10 bits per heavy atom. The number of carbonyl (C=O) groups excluding carboxylic acids is 1. The third-order valence-electron chi connectivity index (χ3n) is 3.16. The van der Waals surface area contributed by atoms with Gasteiger partial charge in [0.05, 0.1) is 0 Å². The van der Waals surface area contributed by atoms with Crippen LogP contribution in [0.4, 0.5) is 8.78 Å². The Bertz CT molecular complexity index is 845. The maximum Gasteiger partial charge on any atom is 0.169 e. The molecule has 106 valence electrons. The molecule has 0 amide bonds. The van der Waals surface area contributed by atoms with Crippen molar-refractivity contribution in [3.8, 4) is 0 Å². The van der Waals surface area contributed by atoms with Gasteiger partial charge < -0.3 is 4.98 Å². The highest BCUT2D eigenvalue weighted by Crippen LogP contribution is 2.22. The first-order valence-corrected chi connectivity index (χ1v) is 6.93. The molecule has 0 saturated heterocycles. The lowest BCUT2D eigenvalue weighted by atomic mass is 10.0. The van der Waals surface area contributed by atoms with Gasteiger partial charge in [0.25, 0.3) is 0 Å². The highest BCUT2D eigenvalue weighted by atomic mass is 79.9. The third kappa shape index (κ3) is 2.71. The zero-order valence-corrected chi connectivity index (χ0v) is 12.2. The van der Waals surface area contributed by atoms with E-state index < -0.39 is 11.6 Å². The number of H-pyrrole nitrogens is 1. The molecule has 3 nitrogen and oxygen atoms in total. The summed E-state index contributed by atoms with van der Waals surface area (Å²) in [5, 5.41) is 0.664. The number of carbonyl (C=O) groups is 1. The van der Waals surface area contributed by atoms with E-state index in [2.05, 4.69) is 25.9 Å². The molecule has 0 atom stereocenters. The highest BCUT2D eigenvalue weighted by molar-refractivity contribution is 9.10. The molecule has 0 fully saturated rings. The molecule has 1 aromatic carbocycles. The van der Waals surface area contributed by atoms with Crippen LogP contribution < -0.4 is 0 Å². The van der Waals surface area contributed by atoms with Gasteiger partial charge >= 0.3 is 0 Å². The Balaban J connectivity index is 1.95. The van der Waals surface area contributed by atoms with E-state index in [0.717, 1.165) is 16.6 Å². The SMILES string of the molecule is O=C(Cc1ccc(F)cc1F)c1c[nH]c2ncc(Br)cc12. The summed E-state index contributed by atoms with van der Waals surface area (Å²) in [7, 11) is 0. The van der Waals surface area contributed by atoms with Crippen molar-refractivity contribution in [1.29, 1.82) is 0 Å². The molecule has 0 saturated carbocycles. The lowest BCUT2D eigenvalue weighted by Crippen LogP contribution is -2.05. The molecule has 0 aliphatic heterocycles. The fourth-order valence-electron chi connectivity index (χ4n) is 2.14. The van der Waals surface area contributed by atoms with Gasteiger partial charge in [-0.05, 0) is 33.6 Å². The van der Waals surface area contributed by atoms with Crippen molar-refractivity contribution in [2.45, 2.75) is 6.42 Å². The van der Waals surface area contributed by atoms with Crippen molar-refractivity contribution < 1.29 is 13.6 Å². The monoisotopic (exact) mass is 350 g/mol. The molecule has 6 heteroatoms. The summed E-state index contributed by atoms with van der Waals surface area (Å²) in [6.07, 6.45) is 3.03. The minimum absolute atomic E-state index is 0.133. The Labute approximate surface area is 127 Å². The van der Waals surface area contributed by atoms with Crippen LogP contribution in [-0.4, -0.2) is 15.8 Å². The number of fused-ring (bicyclic) bond motifs is 1. The van der Waals surface area contributed by atoms with Crippen molar-refractivity contribution in [3.05, 3.63) is 63.9 Å². The average Bonchev–Trinajstić information content (AvgIpc) is 2.85. The minimum atomic E-state index is -0.720. The lowest BCUT2D eigenvalue weighted by Gasteiger charge is -2.02. The molecule has 0 radical (unpaired) electrons. The van der Waals surface area contributed by atoms with Crippen LogP contribution in [0.2, 0.25) is 0 Å². The van der Waals surface area contributed by atoms with Crippen LogP contribution in [0.15, 0.2) is 41.1 Å². The van der Waals surface area contributed by atoms with Crippen LogP contribution in [0.25, 0.3) is 11.0 Å². The quantitative estimate of drug-likeness (QED) is 0.725. The number of benzene rings is 1. The van der Waals surface area contributed by atoms with E-state index in [0.29, 0.717) is 16.6 Å². The Morgan fingerprint density at radius 1 is 1.29 bits per heavy atom. The van der Waals surface area contributed by atoms with Crippen molar-refractivity contribution in [1.82, 2.24) is 9.97 Å². The van der Waals surface area contributed by atoms with Gasteiger partial charge in [-0.15, -0.1) is 0 Å². The molecule has 0 aliphatic carbocycles. The predicted molar refractivity (Wildman–Crippen MR) is 78.2 cm³/mol. The second-order valence-corrected chi connectivity index (χ2v) is 5.50. The molecule has 0 bridgehead atoms. The second kappa shape index (κ2) is 5.37. The molecule has 0 aliphatic rings. The first-order valence-electron chi connectivity index (χ1n) is 6.14. The molecule has 2 aromatic heterocycles. The normalized spacial score (nSPS) is 11.0. The number of ketones is 1. The van der Waals surface area contributed by atoms with Gasteiger partial charge in [-0.25, -0.2) is 13.8 Å². The largest absolute Gasteiger partial charge is 0.345 e. The van der Waals surface area contributed by atoms with Crippen molar-refractivity contribution in [2.24, 2.45) is 0 Å². The lowest BCUT2D eigenvalue weighted by molar-refractivity contribution is 0.0993. The summed E-state index contributed by atoms with van der Waals surface area (Å²) in [4.78, 5) is 19.4. The number of Topliss-reactive ketones (excluding diaryl/α,β-unsaturated/α-hetero) is 1. The Hall–Kier alpha value is -2.08. The summed E-state index contributed by atoms with van der Waals surface area (Å²) in [5.74, 6) is -1.64. The van der Waals surface area contributed by atoms with Crippen LogP contribution in [0.1, 0.15) is 15.9 Å². The highest BCUT2D eigenvalue weighted by Gasteiger charge is 2.15. The van der Waals surface area contributed by atoms with E-state index >= 15 is 0 Å². The van der Waals surface area contributed by atoms with Crippen LogP contribution in [0, 0.1) is 11.6 Å². The molecule has 21 heavy (non-hydrogen) atoms. The van der Waals surface area contributed by atoms with E-state index in [1.807, 2.05) is 0 Å². The van der Waals surface area contributed by atoms with Gasteiger partial charge in [-0.2, -0.15) is 0 Å². The van der Waals surface area contributed by atoms with Gasteiger partial charge in [-0.3, -0.25) is 4.79 Å². The molecule has 0 unspecified atom stereocenters. The number of nitrogens with zero attached hydrogens (tertiary/aromatic N) is 1. The van der Waals surface area contributed by atoms with Crippen LogP contribution in [-0.2, 0) is 6.42 Å². The fourth-order valence-corrected chi connectivity index (χ4v) is 2.47. The number of nitrogens with one attached hydrogen (secondary N) is 1. The van der Waals surface area contributed by atoms with Crippen molar-refractivity contribution in [2.75, 3.05) is 0 Å². The summed E-state index contributed by atoms with van der Waals surface area (Å²) in [6, 6.07) is 4.97. The van der Waals surface area contributed by atoms with Crippen molar-refractivity contribution >= 4 is 32.7 Å². The van der Waals surface area contributed by atoms with E-state index in [1.165, 1.54) is 6.07 Å². The molecule has 3 rings (SSSR count). The number of rotatable bonds is 3. The molecular formula is C15H9BrF2N2O. The summed E-state index contributed by atoms with van der Waals surface area (Å²) >= 11 is 3.30. The van der Waals surface area contributed by atoms with Crippen LogP contribution in [0.3, 0.4) is 0 Å². The molecular weight excluding hydrogens is 342 g/mol. The van der Waals surface area contributed by atoms with E-state index in [1.54, 1.807) is 18.5 Å². The maximum atomic E-state index is 13.6. The summed E-state index contributed by atoms with van der Waals surface area (Å²) in [6.45, 7) is 0. The second-order valence-electron chi connectivity index (χ2n) is 4.59. The number of hydrogen-bond donors (Lipinski definition) is 1. The maximum absolute atomic E-state index is 13.6. The number of pyridine rings is 1. The number of hydrogen-bond acceptors (Lipinski definition) is 2. The van der Waals surface area contributed by atoms with Gasteiger partial charge in [0.15, 0.2) is 5.78 Å². The Morgan fingerprint density at radius 3 is 2.86 bits per heavy atom. The van der Waals surface area contributed by atoms with Crippen molar-refractivity contribution in [3.63, 3.8) is 0 Å². The number of aromatic amines is 1. The van der Waals surface area contributed by atoms with E-state index in [4.69, 9.17) is 0 Å². The fraction of sp³-hybridized carbons (Fsp3) is 0.0667. The molecule has 3 aromatic rings. The molecule has 1 N–H and O–H groups in total. The minimum Gasteiger partial charge on any atom is -0.345 e. The van der Waals surface area contributed by atoms with Gasteiger partial charge in [0.1, 0.15) is 17.3 Å². The van der Waals surface area contributed by atoms with E-state index in [-0.39, 0.29) is 17.8 Å². The van der Waals surface area contributed by atoms with Crippen LogP contribution >= 0.6 is 15.9 Å². The zero-order valence-electron chi connectivity index (χ0n) is 10.7. The topological polar surface area (TPSA) is 45.8 Å². The van der Waals surface area contributed by atoms with E-state index in [9.17, 15) is 13.6 Å².